The van der Waals surface area contributed by atoms with E-state index in [-0.39, 0.29) is 30.3 Å². The Balaban J connectivity index is 1.60. The highest BCUT2D eigenvalue weighted by Gasteiger charge is 2.35. The number of benzene rings is 2. The molecule has 31 heavy (non-hydrogen) atoms. The van der Waals surface area contributed by atoms with Crippen molar-refractivity contribution < 1.29 is 19.1 Å². The molecule has 1 heterocycles. The Kier molecular flexibility index (Phi) is 6.07. The van der Waals surface area contributed by atoms with Crippen LogP contribution in [0.3, 0.4) is 0 Å². The molecule has 1 fully saturated rings. The first-order valence-corrected chi connectivity index (χ1v) is 11.0. The molecule has 0 radical (unpaired) electrons. The van der Waals surface area contributed by atoms with Crippen LogP contribution in [0.25, 0.3) is 0 Å². The van der Waals surface area contributed by atoms with E-state index < -0.39 is 0 Å². The van der Waals surface area contributed by atoms with Crippen LogP contribution < -0.4 is 4.74 Å². The molecule has 3 amide bonds. The number of carbonyl (C=O) groups is 3. The van der Waals surface area contributed by atoms with Gasteiger partial charge in [-0.2, -0.15) is 0 Å². The summed E-state index contributed by atoms with van der Waals surface area (Å²) in [6, 6.07) is 12.4. The van der Waals surface area contributed by atoms with Gasteiger partial charge in [0.15, 0.2) is 0 Å². The van der Waals surface area contributed by atoms with Gasteiger partial charge < -0.3 is 9.64 Å². The van der Waals surface area contributed by atoms with E-state index in [1.165, 1.54) is 11.3 Å². The van der Waals surface area contributed by atoms with Crippen molar-refractivity contribution in [2.45, 2.75) is 51.6 Å². The van der Waals surface area contributed by atoms with Gasteiger partial charge in [0.25, 0.3) is 17.7 Å². The van der Waals surface area contributed by atoms with Crippen LogP contribution in [0.15, 0.2) is 42.5 Å². The smallest absolute Gasteiger partial charge is 0.261 e. The fourth-order valence-corrected chi connectivity index (χ4v) is 4.70. The van der Waals surface area contributed by atoms with Crippen molar-refractivity contribution in [3.63, 3.8) is 0 Å². The molecule has 1 saturated carbocycles. The van der Waals surface area contributed by atoms with E-state index >= 15 is 0 Å². The molecule has 162 valence electrons. The van der Waals surface area contributed by atoms with Crippen molar-refractivity contribution in [3.05, 3.63) is 64.7 Å². The first-order chi connectivity index (χ1) is 15.0. The maximum atomic E-state index is 13.4. The Morgan fingerprint density at radius 2 is 1.68 bits per heavy atom. The van der Waals surface area contributed by atoms with Gasteiger partial charge in [-0.25, -0.2) is 0 Å². The van der Waals surface area contributed by atoms with Crippen molar-refractivity contribution in [1.29, 1.82) is 0 Å². The summed E-state index contributed by atoms with van der Waals surface area (Å²) in [6.45, 7) is 2.75. The number of ether oxygens (including phenoxy) is 1. The second-order valence-electron chi connectivity index (χ2n) is 8.16. The van der Waals surface area contributed by atoms with Gasteiger partial charge in [-0.05, 0) is 49.6 Å². The molecule has 1 aliphatic heterocycles. The summed E-state index contributed by atoms with van der Waals surface area (Å²) in [5.74, 6) is -0.163. The number of rotatable bonds is 6. The normalized spacial score (nSPS) is 16.4. The predicted octanol–water partition coefficient (Wildman–Crippen LogP) is 4.29. The third-order valence-corrected chi connectivity index (χ3v) is 6.33. The first kappa shape index (κ1) is 21.1. The molecule has 4 rings (SSSR count). The largest absolute Gasteiger partial charge is 0.496 e. The quantitative estimate of drug-likeness (QED) is 0.654. The third kappa shape index (κ3) is 3.94. The highest BCUT2D eigenvalue weighted by atomic mass is 16.5. The molecule has 1 aliphatic carbocycles. The first-order valence-electron chi connectivity index (χ1n) is 11.0. The Labute approximate surface area is 182 Å². The monoisotopic (exact) mass is 420 g/mol. The van der Waals surface area contributed by atoms with Crippen molar-refractivity contribution in [2.75, 3.05) is 13.7 Å². The Morgan fingerprint density at radius 3 is 2.26 bits per heavy atom. The fourth-order valence-electron chi connectivity index (χ4n) is 4.70. The highest BCUT2D eigenvalue weighted by molar-refractivity contribution is 6.21. The van der Waals surface area contributed by atoms with Gasteiger partial charge in [-0.15, -0.1) is 0 Å². The van der Waals surface area contributed by atoms with Crippen LogP contribution in [0.2, 0.25) is 0 Å². The number of imide groups is 1. The van der Waals surface area contributed by atoms with Crippen LogP contribution >= 0.6 is 0 Å². The van der Waals surface area contributed by atoms with Crippen molar-refractivity contribution in [1.82, 2.24) is 9.80 Å². The van der Waals surface area contributed by atoms with Gasteiger partial charge >= 0.3 is 0 Å². The topological polar surface area (TPSA) is 66.9 Å². The lowest BCUT2D eigenvalue weighted by Crippen LogP contribution is -2.41. The van der Waals surface area contributed by atoms with E-state index in [0.717, 1.165) is 31.2 Å². The molecule has 6 heteroatoms. The van der Waals surface area contributed by atoms with Crippen molar-refractivity contribution >= 4 is 17.7 Å². The number of hydrogen-bond donors (Lipinski definition) is 0. The fraction of sp³-hybridized carbons (Fsp3) is 0.400. The van der Waals surface area contributed by atoms with Gasteiger partial charge in [0.1, 0.15) is 5.75 Å². The summed E-state index contributed by atoms with van der Waals surface area (Å²) < 4.78 is 5.47. The average molecular weight is 421 g/mol. The van der Waals surface area contributed by atoms with E-state index in [9.17, 15) is 14.4 Å². The number of methoxy groups -OCH3 is 1. The second kappa shape index (κ2) is 8.92. The molecular formula is C25H28N2O4. The summed E-state index contributed by atoms with van der Waals surface area (Å²) in [5, 5.41) is 0. The number of fused-ring (bicyclic) bond motifs is 1. The lowest BCUT2D eigenvalue weighted by atomic mass is 9.93. The molecule has 6 nitrogen and oxygen atoms in total. The van der Waals surface area contributed by atoms with Crippen LogP contribution in [-0.2, 0) is 6.54 Å². The minimum Gasteiger partial charge on any atom is -0.496 e. The zero-order chi connectivity index (χ0) is 22.0. The van der Waals surface area contributed by atoms with E-state index in [4.69, 9.17) is 4.74 Å². The summed E-state index contributed by atoms with van der Waals surface area (Å²) in [7, 11) is 1.55. The van der Waals surface area contributed by atoms with Gasteiger partial charge in [0.05, 0.1) is 30.3 Å². The molecule has 2 aliphatic rings. The molecule has 0 aromatic heterocycles. The van der Waals surface area contributed by atoms with Gasteiger partial charge in [-0.1, -0.05) is 37.5 Å². The number of amides is 3. The lowest BCUT2D eigenvalue weighted by molar-refractivity contribution is 0.0637. The molecule has 0 saturated heterocycles. The minimum atomic E-state index is -0.304. The Bertz CT molecular complexity index is 975. The summed E-state index contributed by atoms with van der Waals surface area (Å²) in [6.07, 6.45) is 5.56. The Morgan fingerprint density at radius 1 is 1.03 bits per heavy atom. The predicted molar refractivity (Wildman–Crippen MR) is 117 cm³/mol. The Hall–Kier alpha value is -3.15. The van der Waals surface area contributed by atoms with Crippen LogP contribution in [0, 0.1) is 0 Å². The number of nitrogens with zero attached hydrogens (tertiary/aromatic N) is 2. The summed E-state index contributed by atoms with van der Waals surface area (Å²) >= 11 is 0. The van der Waals surface area contributed by atoms with Crippen LogP contribution in [0.1, 0.15) is 75.7 Å². The molecule has 0 bridgehead atoms. The van der Waals surface area contributed by atoms with E-state index in [1.807, 2.05) is 11.8 Å². The average Bonchev–Trinajstić information content (AvgIpc) is 3.05. The molecule has 0 spiro atoms. The maximum absolute atomic E-state index is 13.4. The van der Waals surface area contributed by atoms with E-state index in [1.54, 1.807) is 49.6 Å². The molecular weight excluding hydrogens is 392 g/mol. The van der Waals surface area contributed by atoms with E-state index in [2.05, 4.69) is 0 Å². The minimum absolute atomic E-state index is 0.0598. The highest BCUT2D eigenvalue weighted by Crippen LogP contribution is 2.29. The van der Waals surface area contributed by atoms with E-state index in [0.29, 0.717) is 29.0 Å². The summed E-state index contributed by atoms with van der Waals surface area (Å²) in [5.41, 5.74) is 2.04. The molecule has 0 N–H and O–H groups in total. The molecule has 2 aromatic rings. The zero-order valence-corrected chi connectivity index (χ0v) is 18.1. The maximum Gasteiger partial charge on any atom is 0.261 e. The van der Waals surface area contributed by atoms with Crippen LogP contribution in [-0.4, -0.2) is 47.2 Å². The zero-order valence-electron chi connectivity index (χ0n) is 18.1. The molecule has 0 unspecified atom stereocenters. The number of carbonyl (C=O) groups excluding carboxylic acids is 3. The molecule has 0 atom stereocenters. The standard InChI is InChI=1S/C25H28N2O4/c1-3-26(18-9-5-4-6-10-18)25(30)21-15-17(13-14-22(21)31-2)16-27-23(28)19-11-7-8-12-20(19)24(27)29/h7-8,11-15,18H,3-6,9-10,16H2,1-2H3. The van der Waals surface area contributed by atoms with Crippen LogP contribution in [0.5, 0.6) is 5.75 Å². The van der Waals surface area contributed by atoms with Crippen LogP contribution in [0.4, 0.5) is 0 Å². The lowest BCUT2D eigenvalue weighted by Gasteiger charge is -2.34. The van der Waals surface area contributed by atoms with Gasteiger partial charge in [0.2, 0.25) is 0 Å². The SMILES string of the molecule is CCN(C(=O)c1cc(CN2C(=O)c3ccccc3C2=O)ccc1OC)C1CCCCC1. The third-order valence-electron chi connectivity index (χ3n) is 6.33. The molecule has 2 aromatic carbocycles. The van der Waals surface area contributed by atoms with Crippen molar-refractivity contribution in [3.8, 4) is 5.75 Å². The number of hydrogen-bond acceptors (Lipinski definition) is 4. The van der Waals surface area contributed by atoms with Crippen molar-refractivity contribution in [2.24, 2.45) is 0 Å². The van der Waals surface area contributed by atoms with Gasteiger partial charge in [-0.3, -0.25) is 19.3 Å². The summed E-state index contributed by atoms with van der Waals surface area (Å²) in [4.78, 5) is 42.1. The second-order valence-corrected chi connectivity index (χ2v) is 8.16. The van der Waals surface area contributed by atoms with Gasteiger partial charge in [0, 0.05) is 12.6 Å².